The molecule has 1 saturated carbocycles. The fourth-order valence-electron chi connectivity index (χ4n) is 3.67. The molecule has 3 rings (SSSR count). The summed E-state index contributed by atoms with van der Waals surface area (Å²) in [5.74, 6) is 0.801. The van der Waals surface area contributed by atoms with Crippen LogP contribution in [-0.4, -0.2) is 49.0 Å². The second kappa shape index (κ2) is 7.46. The van der Waals surface area contributed by atoms with Crippen LogP contribution in [0.2, 0.25) is 0 Å². The highest BCUT2D eigenvalue weighted by Crippen LogP contribution is 2.36. The summed E-state index contributed by atoms with van der Waals surface area (Å²) in [6.07, 6.45) is 3.01. The second-order valence-corrected chi connectivity index (χ2v) is 7.20. The molecule has 1 aliphatic carbocycles. The average molecular weight is 375 g/mol. The third-order valence-electron chi connectivity index (χ3n) is 5.34. The first-order valence-corrected chi connectivity index (χ1v) is 9.04. The number of ether oxygens (including phenoxy) is 2. The van der Waals surface area contributed by atoms with Gasteiger partial charge in [-0.1, -0.05) is 6.92 Å². The quantitative estimate of drug-likeness (QED) is 0.769. The number of amides is 4. The molecule has 8 nitrogen and oxygen atoms in total. The molecule has 4 amide bonds. The molecular weight excluding hydrogens is 350 g/mol. The Hall–Kier alpha value is -2.77. The number of carbonyl (C=O) groups is 3. The van der Waals surface area contributed by atoms with Gasteiger partial charge in [-0.05, 0) is 43.7 Å². The van der Waals surface area contributed by atoms with E-state index in [9.17, 15) is 14.4 Å². The van der Waals surface area contributed by atoms with Crippen molar-refractivity contribution in [3.8, 4) is 11.5 Å². The zero-order valence-electron chi connectivity index (χ0n) is 15.8. The van der Waals surface area contributed by atoms with E-state index >= 15 is 0 Å². The van der Waals surface area contributed by atoms with Gasteiger partial charge in [0.05, 0.1) is 14.2 Å². The Morgan fingerprint density at radius 1 is 1.22 bits per heavy atom. The molecule has 1 saturated heterocycles. The van der Waals surface area contributed by atoms with E-state index in [0.717, 1.165) is 17.7 Å². The predicted octanol–water partition coefficient (Wildman–Crippen LogP) is 2.14. The summed E-state index contributed by atoms with van der Waals surface area (Å²) in [7, 11) is 3.02. The van der Waals surface area contributed by atoms with E-state index in [0.29, 0.717) is 35.9 Å². The van der Waals surface area contributed by atoms with E-state index in [1.165, 1.54) is 14.2 Å². The van der Waals surface area contributed by atoms with E-state index in [4.69, 9.17) is 9.47 Å². The highest BCUT2D eigenvalue weighted by Gasteiger charge is 2.52. The molecule has 1 spiro atoms. The highest BCUT2D eigenvalue weighted by atomic mass is 16.5. The lowest BCUT2D eigenvalue weighted by Gasteiger charge is -2.33. The Balaban J connectivity index is 1.66. The number of nitrogens with zero attached hydrogens (tertiary/aromatic N) is 1. The normalized spacial score (nSPS) is 24.7. The molecule has 2 aliphatic rings. The van der Waals surface area contributed by atoms with Gasteiger partial charge in [0.25, 0.3) is 5.91 Å². The van der Waals surface area contributed by atoms with Crippen molar-refractivity contribution < 1.29 is 23.9 Å². The first-order valence-electron chi connectivity index (χ1n) is 9.04. The number of methoxy groups -OCH3 is 2. The van der Waals surface area contributed by atoms with Crippen molar-refractivity contribution in [2.24, 2.45) is 5.92 Å². The number of hydrogen-bond donors (Lipinski definition) is 2. The molecule has 27 heavy (non-hydrogen) atoms. The Morgan fingerprint density at radius 3 is 2.52 bits per heavy atom. The summed E-state index contributed by atoms with van der Waals surface area (Å²) in [4.78, 5) is 38.5. The predicted molar refractivity (Wildman–Crippen MR) is 98.8 cm³/mol. The Bertz CT molecular complexity index is 756. The lowest BCUT2D eigenvalue weighted by Crippen LogP contribution is -2.49. The van der Waals surface area contributed by atoms with Crippen molar-refractivity contribution in [3.05, 3.63) is 18.2 Å². The number of anilines is 1. The van der Waals surface area contributed by atoms with Crippen LogP contribution < -0.4 is 20.1 Å². The van der Waals surface area contributed by atoms with Gasteiger partial charge in [0.15, 0.2) is 11.5 Å². The maximum Gasteiger partial charge on any atom is 0.325 e. The fourth-order valence-corrected chi connectivity index (χ4v) is 3.67. The van der Waals surface area contributed by atoms with Crippen LogP contribution in [0.1, 0.15) is 32.6 Å². The molecule has 0 radical (unpaired) electrons. The van der Waals surface area contributed by atoms with E-state index in [2.05, 4.69) is 17.6 Å². The summed E-state index contributed by atoms with van der Waals surface area (Å²) in [6.45, 7) is 1.82. The van der Waals surface area contributed by atoms with E-state index in [1.807, 2.05) is 0 Å². The van der Waals surface area contributed by atoms with Crippen LogP contribution in [0.25, 0.3) is 0 Å². The zero-order valence-corrected chi connectivity index (χ0v) is 15.8. The van der Waals surface area contributed by atoms with Crippen LogP contribution >= 0.6 is 0 Å². The van der Waals surface area contributed by atoms with Gasteiger partial charge in [0.1, 0.15) is 12.1 Å². The number of imide groups is 1. The first kappa shape index (κ1) is 19.0. The number of urea groups is 1. The Labute approximate surface area is 158 Å². The van der Waals surface area contributed by atoms with Gasteiger partial charge in [-0.2, -0.15) is 0 Å². The van der Waals surface area contributed by atoms with E-state index in [-0.39, 0.29) is 12.5 Å². The van der Waals surface area contributed by atoms with Crippen molar-refractivity contribution in [1.82, 2.24) is 10.2 Å². The van der Waals surface area contributed by atoms with Gasteiger partial charge in [-0.15, -0.1) is 0 Å². The van der Waals surface area contributed by atoms with Crippen LogP contribution in [0.15, 0.2) is 18.2 Å². The molecule has 1 heterocycles. The molecule has 0 atom stereocenters. The summed E-state index contributed by atoms with van der Waals surface area (Å²) in [5, 5.41) is 5.50. The van der Waals surface area contributed by atoms with Gasteiger partial charge >= 0.3 is 6.03 Å². The standard InChI is InChI=1S/C19H25N3O5/c1-12-6-8-19(9-7-12)17(24)22(18(25)21-19)11-16(23)20-13-4-5-14(26-2)15(10-13)27-3/h4-5,10,12H,6-9,11H2,1-3H3,(H,20,23)(H,21,25). The van der Waals surface area contributed by atoms with Crippen molar-refractivity contribution >= 4 is 23.5 Å². The van der Waals surface area contributed by atoms with E-state index in [1.54, 1.807) is 18.2 Å². The first-order chi connectivity index (χ1) is 12.9. The van der Waals surface area contributed by atoms with Gasteiger partial charge in [0.2, 0.25) is 5.91 Å². The van der Waals surface area contributed by atoms with Crippen molar-refractivity contribution in [3.63, 3.8) is 0 Å². The van der Waals surface area contributed by atoms with Crippen LogP contribution in [0.4, 0.5) is 10.5 Å². The highest BCUT2D eigenvalue weighted by molar-refractivity contribution is 6.10. The van der Waals surface area contributed by atoms with Crippen LogP contribution in [0.5, 0.6) is 11.5 Å². The molecule has 0 aromatic heterocycles. The molecule has 8 heteroatoms. The summed E-state index contributed by atoms with van der Waals surface area (Å²) >= 11 is 0. The molecule has 1 aliphatic heterocycles. The fraction of sp³-hybridized carbons (Fsp3) is 0.526. The minimum Gasteiger partial charge on any atom is -0.493 e. The van der Waals surface area contributed by atoms with Gasteiger partial charge in [-0.25, -0.2) is 4.79 Å². The van der Waals surface area contributed by atoms with Gasteiger partial charge in [-0.3, -0.25) is 14.5 Å². The third kappa shape index (κ3) is 3.70. The lowest BCUT2D eigenvalue weighted by molar-refractivity contribution is -0.135. The molecule has 1 aromatic carbocycles. The molecule has 2 N–H and O–H groups in total. The average Bonchev–Trinajstić information content (AvgIpc) is 2.88. The van der Waals surface area contributed by atoms with Crippen LogP contribution in [-0.2, 0) is 9.59 Å². The van der Waals surface area contributed by atoms with Gasteiger partial charge in [0, 0.05) is 11.8 Å². The second-order valence-electron chi connectivity index (χ2n) is 7.20. The van der Waals surface area contributed by atoms with Crippen molar-refractivity contribution in [2.45, 2.75) is 38.1 Å². The molecular formula is C19H25N3O5. The summed E-state index contributed by atoms with van der Waals surface area (Å²) in [6, 6.07) is 4.44. The van der Waals surface area contributed by atoms with Crippen molar-refractivity contribution in [2.75, 3.05) is 26.1 Å². The number of carbonyl (C=O) groups excluding carboxylic acids is 3. The number of rotatable bonds is 5. The van der Waals surface area contributed by atoms with Crippen LogP contribution in [0, 0.1) is 5.92 Å². The Kier molecular flexibility index (Phi) is 5.25. The molecule has 0 unspecified atom stereocenters. The van der Waals surface area contributed by atoms with Crippen LogP contribution in [0.3, 0.4) is 0 Å². The minimum atomic E-state index is -0.840. The van der Waals surface area contributed by atoms with Gasteiger partial charge < -0.3 is 20.1 Å². The number of nitrogens with one attached hydrogen (secondary N) is 2. The zero-order chi connectivity index (χ0) is 19.6. The maximum atomic E-state index is 12.8. The molecule has 146 valence electrons. The topological polar surface area (TPSA) is 97.0 Å². The Morgan fingerprint density at radius 2 is 1.89 bits per heavy atom. The largest absolute Gasteiger partial charge is 0.493 e. The lowest BCUT2D eigenvalue weighted by atomic mass is 9.77. The maximum absolute atomic E-state index is 12.8. The third-order valence-corrected chi connectivity index (χ3v) is 5.34. The molecule has 2 fully saturated rings. The smallest absolute Gasteiger partial charge is 0.325 e. The SMILES string of the molecule is COc1ccc(NC(=O)CN2C(=O)NC3(CCC(C)CC3)C2=O)cc1OC. The summed E-state index contributed by atoms with van der Waals surface area (Å²) < 4.78 is 10.4. The van der Waals surface area contributed by atoms with E-state index < -0.39 is 17.5 Å². The number of hydrogen-bond acceptors (Lipinski definition) is 5. The minimum absolute atomic E-state index is 0.304. The monoisotopic (exact) mass is 375 g/mol. The van der Waals surface area contributed by atoms with Crippen molar-refractivity contribution in [1.29, 1.82) is 0 Å². The number of benzene rings is 1. The molecule has 0 bridgehead atoms. The molecule has 1 aromatic rings. The summed E-state index contributed by atoms with van der Waals surface area (Å²) in [5.41, 5.74) is -0.348.